The molecular weight excluding hydrogens is 186 g/mol. The lowest BCUT2D eigenvalue weighted by atomic mass is 10.4. The molecule has 0 saturated carbocycles. The first-order chi connectivity index (χ1) is 5.16. The lowest BCUT2D eigenvalue weighted by Gasteiger charge is -1.92. The highest BCUT2D eigenvalue weighted by Crippen LogP contribution is 2.24. The van der Waals surface area contributed by atoms with Crippen LogP contribution in [0.2, 0.25) is 5.02 Å². The zero-order valence-corrected chi connectivity index (χ0v) is 7.62. The average Bonchev–Trinajstić information content (AvgIpc) is 2.32. The summed E-state index contributed by atoms with van der Waals surface area (Å²) in [5.41, 5.74) is 0.664. The minimum atomic E-state index is -0.430. The van der Waals surface area contributed by atoms with Crippen LogP contribution >= 0.6 is 23.1 Å². The molecule has 0 amide bonds. The van der Waals surface area contributed by atoms with Crippen LogP contribution in [-0.4, -0.2) is 17.5 Å². The molecule has 0 radical (unpaired) electrons. The van der Waals surface area contributed by atoms with Crippen molar-refractivity contribution < 1.29 is 9.53 Å². The van der Waals surface area contributed by atoms with Gasteiger partial charge in [-0.2, -0.15) is 4.37 Å². The van der Waals surface area contributed by atoms with Crippen molar-refractivity contribution in [1.82, 2.24) is 4.37 Å². The Labute approximate surface area is 73.1 Å². The van der Waals surface area contributed by atoms with E-state index in [-0.39, 0.29) is 0 Å². The van der Waals surface area contributed by atoms with Crippen LogP contribution in [0.25, 0.3) is 0 Å². The molecule has 0 bridgehead atoms. The smallest absolute Gasteiger partial charge is 0.351 e. The Hall–Kier alpha value is -0.610. The Morgan fingerprint density at radius 3 is 2.73 bits per heavy atom. The Balaban J connectivity index is 3.04. The van der Waals surface area contributed by atoms with Gasteiger partial charge in [0.15, 0.2) is 4.88 Å². The molecule has 0 aliphatic heterocycles. The van der Waals surface area contributed by atoms with E-state index in [1.807, 2.05) is 0 Å². The molecule has 3 nitrogen and oxygen atoms in total. The molecule has 1 rings (SSSR count). The molecule has 11 heavy (non-hydrogen) atoms. The number of aromatic nitrogens is 1. The van der Waals surface area contributed by atoms with Crippen molar-refractivity contribution in [3.63, 3.8) is 0 Å². The minimum absolute atomic E-state index is 0.367. The normalized spacial score (nSPS) is 9.73. The van der Waals surface area contributed by atoms with Gasteiger partial charge in [0.2, 0.25) is 0 Å². The fourth-order valence-corrected chi connectivity index (χ4v) is 1.56. The van der Waals surface area contributed by atoms with Gasteiger partial charge in [-0.05, 0) is 18.5 Å². The predicted octanol–water partition coefficient (Wildman–Crippen LogP) is 1.89. The van der Waals surface area contributed by atoms with E-state index in [9.17, 15) is 4.79 Å². The number of nitrogens with zero attached hydrogens (tertiary/aromatic N) is 1. The van der Waals surface area contributed by atoms with E-state index in [1.165, 1.54) is 7.11 Å². The molecule has 0 aliphatic rings. The SMILES string of the molecule is COC(=O)c1snc(C)c1Cl. The molecule has 0 saturated heterocycles. The first kappa shape index (κ1) is 8.49. The summed E-state index contributed by atoms with van der Waals surface area (Å²) >= 11 is 6.78. The van der Waals surface area contributed by atoms with E-state index >= 15 is 0 Å². The van der Waals surface area contributed by atoms with Gasteiger partial charge in [0.25, 0.3) is 0 Å². The Morgan fingerprint density at radius 1 is 1.73 bits per heavy atom. The largest absolute Gasteiger partial charge is 0.465 e. The van der Waals surface area contributed by atoms with Gasteiger partial charge in [-0.3, -0.25) is 0 Å². The number of ether oxygens (including phenoxy) is 1. The first-order valence-electron chi connectivity index (χ1n) is 2.87. The summed E-state index contributed by atoms with van der Waals surface area (Å²) < 4.78 is 8.37. The number of aryl methyl sites for hydroxylation is 1. The van der Waals surface area contributed by atoms with Crippen molar-refractivity contribution in [2.75, 3.05) is 7.11 Å². The van der Waals surface area contributed by atoms with Crippen LogP contribution < -0.4 is 0 Å². The number of methoxy groups -OCH3 is 1. The molecular formula is C6H6ClNO2S. The van der Waals surface area contributed by atoms with Crippen molar-refractivity contribution in [1.29, 1.82) is 0 Å². The highest BCUT2D eigenvalue weighted by molar-refractivity contribution is 7.08. The van der Waals surface area contributed by atoms with Crippen LogP contribution in [0.1, 0.15) is 15.4 Å². The molecule has 0 unspecified atom stereocenters. The number of hydrogen-bond donors (Lipinski definition) is 0. The second-order valence-corrected chi connectivity index (χ2v) is 3.05. The van der Waals surface area contributed by atoms with Crippen LogP contribution in [0.15, 0.2) is 0 Å². The van der Waals surface area contributed by atoms with Crippen molar-refractivity contribution >= 4 is 29.1 Å². The maximum atomic E-state index is 10.9. The van der Waals surface area contributed by atoms with Gasteiger partial charge in [0.1, 0.15) is 0 Å². The van der Waals surface area contributed by atoms with Crippen molar-refractivity contribution in [3.8, 4) is 0 Å². The lowest BCUT2D eigenvalue weighted by Crippen LogP contribution is -1.98. The predicted molar refractivity (Wildman–Crippen MR) is 43.2 cm³/mol. The van der Waals surface area contributed by atoms with Crippen LogP contribution in [-0.2, 0) is 4.74 Å². The third-order valence-corrected chi connectivity index (χ3v) is 2.65. The summed E-state index contributed by atoms with van der Waals surface area (Å²) in [7, 11) is 1.31. The molecule has 1 aromatic rings. The molecule has 1 heterocycles. The van der Waals surface area contributed by atoms with E-state index in [1.54, 1.807) is 6.92 Å². The van der Waals surface area contributed by atoms with Crippen LogP contribution in [0.4, 0.5) is 0 Å². The highest BCUT2D eigenvalue weighted by atomic mass is 35.5. The van der Waals surface area contributed by atoms with E-state index in [2.05, 4.69) is 9.11 Å². The zero-order chi connectivity index (χ0) is 8.43. The summed E-state index contributed by atoms with van der Waals surface area (Å²) in [5, 5.41) is 0.391. The molecule has 5 heteroatoms. The Kier molecular flexibility index (Phi) is 2.46. The Bertz CT molecular complexity index is 284. The van der Waals surface area contributed by atoms with Gasteiger partial charge in [-0.1, -0.05) is 11.6 Å². The third-order valence-electron chi connectivity index (χ3n) is 1.16. The molecule has 1 aromatic heterocycles. The number of carbonyl (C=O) groups excluding carboxylic acids is 1. The maximum absolute atomic E-state index is 10.9. The van der Waals surface area contributed by atoms with Crippen LogP contribution in [0.5, 0.6) is 0 Å². The quantitative estimate of drug-likeness (QED) is 0.637. The maximum Gasteiger partial charge on any atom is 0.351 e. The summed E-state index contributed by atoms with van der Waals surface area (Å²) in [5.74, 6) is -0.430. The topological polar surface area (TPSA) is 39.2 Å². The zero-order valence-electron chi connectivity index (χ0n) is 6.05. The number of esters is 1. The number of carbonyl (C=O) groups is 1. The molecule has 0 atom stereocenters. The van der Waals surface area contributed by atoms with E-state index in [4.69, 9.17) is 11.6 Å². The van der Waals surface area contributed by atoms with Gasteiger partial charge in [-0.15, -0.1) is 0 Å². The summed E-state index contributed by atoms with van der Waals surface area (Å²) in [6.45, 7) is 1.74. The number of rotatable bonds is 1. The van der Waals surface area contributed by atoms with Gasteiger partial charge < -0.3 is 4.74 Å². The summed E-state index contributed by atoms with van der Waals surface area (Å²) in [4.78, 5) is 11.3. The third kappa shape index (κ3) is 1.52. The van der Waals surface area contributed by atoms with E-state index in [0.29, 0.717) is 15.6 Å². The number of hydrogen-bond acceptors (Lipinski definition) is 4. The monoisotopic (exact) mass is 191 g/mol. The van der Waals surface area contributed by atoms with Crippen molar-refractivity contribution in [2.24, 2.45) is 0 Å². The fraction of sp³-hybridized carbons (Fsp3) is 0.333. The second kappa shape index (κ2) is 3.19. The second-order valence-electron chi connectivity index (χ2n) is 1.90. The molecule has 0 aliphatic carbocycles. The van der Waals surface area contributed by atoms with Gasteiger partial charge in [0.05, 0.1) is 17.8 Å². The van der Waals surface area contributed by atoms with E-state index in [0.717, 1.165) is 11.5 Å². The summed E-state index contributed by atoms with van der Waals surface area (Å²) in [6.07, 6.45) is 0. The minimum Gasteiger partial charge on any atom is -0.465 e. The van der Waals surface area contributed by atoms with E-state index < -0.39 is 5.97 Å². The molecule has 0 spiro atoms. The fourth-order valence-electron chi connectivity index (χ4n) is 0.578. The number of halogens is 1. The van der Waals surface area contributed by atoms with Crippen molar-refractivity contribution in [3.05, 3.63) is 15.6 Å². The first-order valence-corrected chi connectivity index (χ1v) is 4.02. The Morgan fingerprint density at radius 2 is 2.36 bits per heavy atom. The standard InChI is InChI=1S/C6H6ClNO2S/c1-3-4(7)5(11-8-3)6(9)10-2/h1-2H3. The molecule has 0 fully saturated rings. The van der Waals surface area contributed by atoms with Crippen molar-refractivity contribution in [2.45, 2.75) is 6.92 Å². The molecule has 60 valence electrons. The lowest BCUT2D eigenvalue weighted by molar-refractivity contribution is 0.0606. The van der Waals surface area contributed by atoms with Crippen LogP contribution in [0.3, 0.4) is 0 Å². The highest BCUT2D eigenvalue weighted by Gasteiger charge is 2.15. The molecule has 0 aromatic carbocycles. The van der Waals surface area contributed by atoms with Gasteiger partial charge in [-0.25, -0.2) is 4.79 Å². The van der Waals surface area contributed by atoms with Crippen LogP contribution in [0, 0.1) is 6.92 Å². The average molecular weight is 192 g/mol. The van der Waals surface area contributed by atoms with Gasteiger partial charge in [0, 0.05) is 0 Å². The molecule has 0 N–H and O–H groups in total. The summed E-state index contributed by atoms with van der Waals surface area (Å²) in [6, 6.07) is 0. The van der Waals surface area contributed by atoms with Gasteiger partial charge >= 0.3 is 5.97 Å².